The lowest BCUT2D eigenvalue weighted by atomic mass is 10.2. The molecule has 88 valence electrons. The number of rotatable bonds is 2. The maximum Gasteiger partial charge on any atom is 0.122 e. The minimum atomic E-state index is 0.758. The Balaban J connectivity index is 2.16. The number of hydrogen-bond acceptors (Lipinski definition) is 4. The molecule has 16 heavy (non-hydrogen) atoms. The van der Waals surface area contributed by atoms with E-state index in [-0.39, 0.29) is 0 Å². The zero-order valence-corrected chi connectivity index (χ0v) is 9.94. The Kier molecular flexibility index (Phi) is 3.19. The van der Waals surface area contributed by atoms with Crippen LogP contribution in [-0.2, 0) is 0 Å². The molecule has 0 unspecified atom stereocenters. The highest BCUT2D eigenvalue weighted by Crippen LogP contribution is 2.25. The van der Waals surface area contributed by atoms with Crippen LogP contribution in [0.5, 0.6) is 5.75 Å². The summed E-state index contributed by atoms with van der Waals surface area (Å²) in [6.45, 7) is 4.28. The van der Waals surface area contributed by atoms with E-state index in [9.17, 15) is 0 Å². The Morgan fingerprint density at radius 3 is 2.44 bits per heavy atom. The molecule has 0 amide bonds. The highest BCUT2D eigenvalue weighted by molar-refractivity contribution is 5.60. The van der Waals surface area contributed by atoms with E-state index in [2.05, 4.69) is 16.8 Å². The molecule has 1 fully saturated rings. The van der Waals surface area contributed by atoms with Crippen LogP contribution in [0.15, 0.2) is 18.2 Å². The van der Waals surface area contributed by atoms with Crippen molar-refractivity contribution in [3.05, 3.63) is 18.2 Å². The van der Waals surface area contributed by atoms with E-state index >= 15 is 0 Å². The van der Waals surface area contributed by atoms with Gasteiger partial charge >= 0.3 is 0 Å². The fraction of sp³-hybridized carbons (Fsp3) is 0.500. The first-order chi connectivity index (χ1) is 7.69. The number of nitrogens with zero attached hydrogens (tertiary/aromatic N) is 2. The van der Waals surface area contributed by atoms with Crippen molar-refractivity contribution in [2.75, 3.05) is 51.0 Å². The molecule has 0 saturated carbocycles. The number of nitrogens with two attached hydrogens (primary N) is 1. The molecule has 2 N–H and O–H groups in total. The second-order valence-electron chi connectivity index (χ2n) is 4.25. The Morgan fingerprint density at radius 2 is 1.81 bits per heavy atom. The molecule has 1 aliphatic rings. The molecule has 1 heterocycles. The largest absolute Gasteiger partial charge is 0.497 e. The third-order valence-corrected chi connectivity index (χ3v) is 3.02. The summed E-state index contributed by atoms with van der Waals surface area (Å²) in [4.78, 5) is 4.68. The minimum absolute atomic E-state index is 0.758. The van der Waals surface area contributed by atoms with Gasteiger partial charge in [0.05, 0.1) is 7.11 Å². The lowest BCUT2D eigenvalue weighted by molar-refractivity contribution is 0.312. The van der Waals surface area contributed by atoms with Gasteiger partial charge in [-0.15, -0.1) is 0 Å². The molecule has 4 nitrogen and oxygen atoms in total. The summed E-state index contributed by atoms with van der Waals surface area (Å²) in [6.07, 6.45) is 0. The van der Waals surface area contributed by atoms with Crippen molar-refractivity contribution in [2.24, 2.45) is 0 Å². The van der Waals surface area contributed by atoms with Crippen LogP contribution in [0.3, 0.4) is 0 Å². The van der Waals surface area contributed by atoms with Crippen molar-refractivity contribution < 1.29 is 4.74 Å². The zero-order valence-electron chi connectivity index (χ0n) is 9.94. The van der Waals surface area contributed by atoms with Gasteiger partial charge in [0.15, 0.2) is 0 Å². The van der Waals surface area contributed by atoms with E-state index in [0.717, 1.165) is 43.3 Å². The first kappa shape index (κ1) is 11.1. The summed E-state index contributed by atoms with van der Waals surface area (Å²) < 4.78 is 5.23. The van der Waals surface area contributed by atoms with Gasteiger partial charge in [-0.2, -0.15) is 0 Å². The average Bonchev–Trinajstić information content (AvgIpc) is 2.29. The van der Waals surface area contributed by atoms with Gasteiger partial charge in [-0.05, 0) is 13.1 Å². The second kappa shape index (κ2) is 4.61. The lowest BCUT2D eigenvalue weighted by Crippen LogP contribution is -2.44. The number of nitrogen functional groups attached to an aromatic ring is 1. The van der Waals surface area contributed by atoms with Crippen LogP contribution in [0.4, 0.5) is 11.4 Å². The number of anilines is 2. The number of likely N-dealkylation sites (N-methyl/N-ethyl adjacent to an activating group) is 1. The molecule has 0 bridgehead atoms. The highest BCUT2D eigenvalue weighted by Gasteiger charge is 2.15. The van der Waals surface area contributed by atoms with E-state index in [1.165, 1.54) is 0 Å². The average molecular weight is 221 g/mol. The fourth-order valence-corrected chi connectivity index (χ4v) is 1.97. The first-order valence-corrected chi connectivity index (χ1v) is 5.57. The maximum absolute atomic E-state index is 5.85. The standard InChI is InChI=1S/C12H19N3O/c1-14-3-5-15(6-4-14)11-7-10(13)8-12(9-11)16-2/h7-9H,3-6,13H2,1-2H3. The predicted molar refractivity (Wildman–Crippen MR) is 67.1 cm³/mol. The molecule has 1 saturated heterocycles. The van der Waals surface area contributed by atoms with Crippen LogP contribution in [-0.4, -0.2) is 45.2 Å². The Hall–Kier alpha value is -1.42. The number of piperazine rings is 1. The molecule has 0 atom stereocenters. The molecular weight excluding hydrogens is 202 g/mol. The van der Waals surface area contributed by atoms with Gasteiger partial charge in [-0.3, -0.25) is 0 Å². The number of ether oxygens (including phenoxy) is 1. The zero-order chi connectivity index (χ0) is 11.5. The Bertz CT molecular complexity index is 359. The number of hydrogen-bond donors (Lipinski definition) is 1. The van der Waals surface area contributed by atoms with Crippen LogP contribution in [0.2, 0.25) is 0 Å². The molecule has 1 aromatic rings. The van der Waals surface area contributed by atoms with E-state index in [4.69, 9.17) is 10.5 Å². The summed E-state index contributed by atoms with van der Waals surface area (Å²) in [5, 5.41) is 0. The molecule has 2 rings (SSSR count). The summed E-state index contributed by atoms with van der Waals surface area (Å²) >= 11 is 0. The molecule has 0 spiro atoms. The van der Waals surface area contributed by atoms with E-state index in [1.807, 2.05) is 18.2 Å². The topological polar surface area (TPSA) is 41.7 Å². The third kappa shape index (κ3) is 2.39. The summed E-state index contributed by atoms with van der Waals surface area (Å²) in [5.41, 5.74) is 7.77. The Labute approximate surface area is 96.6 Å². The molecule has 0 aromatic heterocycles. The molecule has 1 aromatic carbocycles. The van der Waals surface area contributed by atoms with Crippen molar-refractivity contribution in [1.29, 1.82) is 0 Å². The van der Waals surface area contributed by atoms with E-state index < -0.39 is 0 Å². The smallest absolute Gasteiger partial charge is 0.122 e. The van der Waals surface area contributed by atoms with Gasteiger partial charge in [-0.25, -0.2) is 0 Å². The van der Waals surface area contributed by atoms with Gasteiger partial charge < -0.3 is 20.3 Å². The first-order valence-electron chi connectivity index (χ1n) is 5.57. The van der Waals surface area contributed by atoms with E-state index in [1.54, 1.807) is 7.11 Å². The molecule has 0 radical (unpaired) electrons. The summed E-state index contributed by atoms with van der Waals surface area (Å²) in [6, 6.07) is 5.90. The van der Waals surface area contributed by atoms with E-state index in [0.29, 0.717) is 0 Å². The number of benzene rings is 1. The summed E-state index contributed by atoms with van der Waals surface area (Å²) in [5.74, 6) is 0.828. The van der Waals surface area contributed by atoms with Gasteiger partial charge in [0.1, 0.15) is 5.75 Å². The van der Waals surface area contributed by atoms with Crippen LogP contribution < -0.4 is 15.4 Å². The fourth-order valence-electron chi connectivity index (χ4n) is 1.97. The van der Waals surface area contributed by atoms with Crippen molar-refractivity contribution in [3.8, 4) is 5.75 Å². The van der Waals surface area contributed by atoms with Crippen LogP contribution >= 0.6 is 0 Å². The molecule has 1 aliphatic heterocycles. The van der Waals surface area contributed by atoms with Crippen molar-refractivity contribution >= 4 is 11.4 Å². The summed E-state index contributed by atoms with van der Waals surface area (Å²) in [7, 11) is 3.82. The normalized spacial score (nSPS) is 17.5. The Morgan fingerprint density at radius 1 is 1.12 bits per heavy atom. The molecule has 4 heteroatoms. The van der Waals surface area contributed by atoms with Crippen LogP contribution in [0.25, 0.3) is 0 Å². The van der Waals surface area contributed by atoms with Crippen molar-refractivity contribution in [1.82, 2.24) is 4.90 Å². The molecule has 0 aliphatic carbocycles. The highest BCUT2D eigenvalue weighted by atomic mass is 16.5. The molecular formula is C12H19N3O. The lowest BCUT2D eigenvalue weighted by Gasteiger charge is -2.34. The SMILES string of the molecule is COc1cc(N)cc(N2CCN(C)CC2)c1. The van der Waals surface area contributed by atoms with Gasteiger partial charge in [0.2, 0.25) is 0 Å². The van der Waals surface area contributed by atoms with Gasteiger partial charge in [0, 0.05) is 49.7 Å². The van der Waals surface area contributed by atoms with Crippen molar-refractivity contribution in [2.45, 2.75) is 0 Å². The predicted octanol–water partition coefficient (Wildman–Crippen LogP) is 1.03. The van der Waals surface area contributed by atoms with Gasteiger partial charge in [-0.1, -0.05) is 0 Å². The van der Waals surface area contributed by atoms with Crippen molar-refractivity contribution in [3.63, 3.8) is 0 Å². The monoisotopic (exact) mass is 221 g/mol. The maximum atomic E-state index is 5.85. The number of methoxy groups -OCH3 is 1. The minimum Gasteiger partial charge on any atom is -0.497 e. The third-order valence-electron chi connectivity index (χ3n) is 3.02. The van der Waals surface area contributed by atoms with Crippen LogP contribution in [0.1, 0.15) is 0 Å². The van der Waals surface area contributed by atoms with Gasteiger partial charge in [0.25, 0.3) is 0 Å². The second-order valence-corrected chi connectivity index (χ2v) is 4.25. The van der Waals surface area contributed by atoms with Crippen LogP contribution in [0, 0.1) is 0 Å². The quantitative estimate of drug-likeness (QED) is 0.757.